The first-order chi connectivity index (χ1) is 4.41. The van der Waals surface area contributed by atoms with Gasteiger partial charge in [0.25, 0.3) is 0 Å². The van der Waals surface area contributed by atoms with Crippen LogP contribution in [0.5, 0.6) is 0 Å². The summed E-state index contributed by atoms with van der Waals surface area (Å²) in [5, 5.41) is 0. The van der Waals surface area contributed by atoms with Gasteiger partial charge in [-0.25, -0.2) is 0 Å². The third-order valence-electron chi connectivity index (χ3n) is 0. The van der Waals surface area contributed by atoms with Crippen LogP contribution in [0.25, 0.3) is 0 Å². The van der Waals surface area contributed by atoms with Crippen LogP contribution in [-0.4, -0.2) is 0 Å². The van der Waals surface area contributed by atoms with E-state index in [1.165, 1.54) is 0 Å². The van der Waals surface area contributed by atoms with E-state index in [0.717, 1.165) is 0 Å². The van der Waals surface area contributed by atoms with Gasteiger partial charge in [0.05, 0.1) is 0 Å². The summed E-state index contributed by atoms with van der Waals surface area (Å²) in [5.74, 6) is 0. The average molecular weight is 128 g/mol. The van der Waals surface area contributed by atoms with Crippen LogP contribution < -0.4 is 0 Å². The maximum absolute atomic E-state index is 4.00. The van der Waals surface area contributed by atoms with Crippen LogP contribution in [0.2, 0.25) is 0 Å². The van der Waals surface area contributed by atoms with Crippen molar-refractivity contribution in [3.63, 3.8) is 0 Å². The summed E-state index contributed by atoms with van der Waals surface area (Å²) in [4.78, 5) is 0. The van der Waals surface area contributed by atoms with Crippen LogP contribution in [0.3, 0.4) is 0 Å². The van der Waals surface area contributed by atoms with Crippen molar-refractivity contribution in [1.82, 2.24) is 0 Å². The van der Waals surface area contributed by atoms with Crippen LogP contribution in [-0.2, 0) is 0 Å². The van der Waals surface area contributed by atoms with E-state index in [1.54, 1.807) is 6.08 Å². The molecule has 0 spiro atoms. The molecule has 0 saturated heterocycles. The number of rotatable bonds is 0. The summed E-state index contributed by atoms with van der Waals surface area (Å²) in [5.41, 5.74) is 0. The van der Waals surface area contributed by atoms with E-state index in [0.29, 0.717) is 0 Å². The summed E-state index contributed by atoms with van der Waals surface area (Å²) in [6, 6.07) is 0. The van der Waals surface area contributed by atoms with Crippen molar-refractivity contribution in [3.05, 3.63) is 12.7 Å². The molecule has 0 aromatic rings. The van der Waals surface area contributed by atoms with E-state index < -0.39 is 0 Å². The first-order valence-electron chi connectivity index (χ1n) is 3.32. The van der Waals surface area contributed by atoms with E-state index in [9.17, 15) is 0 Å². The third-order valence-corrected chi connectivity index (χ3v) is 0. The van der Waals surface area contributed by atoms with Gasteiger partial charge in [0.15, 0.2) is 0 Å². The predicted octanol–water partition coefficient (Wildman–Crippen LogP) is 3.49. The molecule has 0 radical (unpaired) electrons. The second-order valence-electron chi connectivity index (χ2n) is 0.408. The molecule has 0 aromatic heterocycles. The molecule has 0 aliphatic heterocycles. The maximum atomic E-state index is 4.00. The van der Waals surface area contributed by atoms with Gasteiger partial charge in [-0.1, -0.05) is 33.8 Å². The summed E-state index contributed by atoms with van der Waals surface area (Å²) >= 11 is 0. The summed E-state index contributed by atoms with van der Waals surface area (Å²) in [7, 11) is 0. The molecule has 0 aliphatic rings. The van der Waals surface area contributed by atoms with E-state index in [-0.39, 0.29) is 0 Å². The minimum Gasteiger partial charge on any atom is -0.124 e. The quantitative estimate of drug-likeness (QED) is 0.346. The van der Waals surface area contributed by atoms with E-state index >= 15 is 0 Å². The minimum atomic E-state index is 1.75. The minimum absolute atomic E-state index is 1.75. The van der Waals surface area contributed by atoms with E-state index in [2.05, 4.69) is 19.4 Å². The molecule has 0 atom stereocenters. The van der Waals surface area contributed by atoms with Gasteiger partial charge in [-0.15, -0.1) is 19.4 Å². The highest BCUT2D eigenvalue weighted by atomic mass is 13.2. The Hall–Kier alpha value is -0.700. The fourth-order valence-electron chi connectivity index (χ4n) is 0. The molecule has 0 N–H and O–H groups in total. The molecule has 0 aliphatic carbocycles. The van der Waals surface area contributed by atoms with Crippen LogP contribution >= 0.6 is 0 Å². The smallest absolute Gasteiger partial charge is 0.0473 e. The standard InChI is InChI=1S/C3H6.2C2H6.C2H2/c1-3-2;3*1-2/h3H,1H2,2H3;2*1-2H3;1-2H. The number of terminal acetylenes is 1. The fraction of sp³-hybridized carbons (Fsp3) is 0.556. The van der Waals surface area contributed by atoms with Gasteiger partial charge < -0.3 is 0 Å². The first kappa shape index (κ1) is 23.9. The Bertz CT molecular complexity index is 24.3. The van der Waals surface area contributed by atoms with Gasteiger partial charge in [-0.3, -0.25) is 0 Å². The van der Waals surface area contributed by atoms with Gasteiger partial charge in [-0.2, -0.15) is 0 Å². The molecule has 0 bridgehead atoms. The predicted molar refractivity (Wildman–Crippen MR) is 48.5 cm³/mol. The molecule has 0 saturated carbocycles. The van der Waals surface area contributed by atoms with E-state index in [1.807, 2.05) is 34.6 Å². The Kier molecular flexibility index (Phi) is 8560. The number of hydrogen-bond acceptors (Lipinski definition) is 0. The Morgan fingerprint density at radius 1 is 1.00 bits per heavy atom. The largest absolute Gasteiger partial charge is 0.124 e. The maximum Gasteiger partial charge on any atom is -0.0473 e. The SMILES string of the molecule is C#C.C=CC.CC.CC. The highest BCUT2D eigenvalue weighted by Crippen LogP contribution is 1.38. The van der Waals surface area contributed by atoms with Crippen LogP contribution in [0, 0.1) is 12.8 Å². The second kappa shape index (κ2) is 3220. The molecule has 0 unspecified atom stereocenters. The molecule has 0 heterocycles. The molecule has 0 rings (SSSR count). The molecule has 0 fully saturated rings. The fourth-order valence-corrected chi connectivity index (χ4v) is 0. The lowest BCUT2D eigenvalue weighted by atomic mass is 10.8. The van der Waals surface area contributed by atoms with Gasteiger partial charge in [0.2, 0.25) is 0 Å². The van der Waals surface area contributed by atoms with Crippen molar-refractivity contribution in [2.45, 2.75) is 34.6 Å². The first-order valence-corrected chi connectivity index (χ1v) is 3.32. The molecule has 0 nitrogen and oxygen atoms in total. The molecular weight excluding hydrogens is 108 g/mol. The van der Waals surface area contributed by atoms with Crippen molar-refractivity contribution in [2.24, 2.45) is 0 Å². The van der Waals surface area contributed by atoms with Gasteiger partial charge in [0.1, 0.15) is 0 Å². The summed E-state index contributed by atoms with van der Waals surface area (Å²) < 4.78 is 0. The number of hydrogen-bond donors (Lipinski definition) is 0. The zero-order valence-corrected chi connectivity index (χ0v) is 7.44. The highest BCUT2D eigenvalue weighted by molar-refractivity contribution is 4.51. The van der Waals surface area contributed by atoms with Crippen LogP contribution in [0.1, 0.15) is 34.6 Å². The number of allylic oxidation sites excluding steroid dienone is 1. The third kappa shape index (κ3) is 418. The van der Waals surface area contributed by atoms with Crippen molar-refractivity contribution < 1.29 is 0 Å². The Balaban J connectivity index is -0.0000000190. The normalized spacial score (nSPS) is 3.00. The van der Waals surface area contributed by atoms with Crippen molar-refractivity contribution in [1.29, 1.82) is 0 Å². The monoisotopic (exact) mass is 128 g/mol. The van der Waals surface area contributed by atoms with Crippen molar-refractivity contribution in [2.75, 3.05) is 0 Å². The van der Waals surface area contributed by atoms with Gasteiger partial charge >= 0.3 is 0 Å². The molecule has 0 amide bonds. The molecular formula is C9H20. The van der Waals surface area contributed by atoms with Crippen molar-refractivity contribution in [3.8, 4) is 12.8 Å². The second-order valence-corrected chi connectivity index (χ2v) is 0.408. The van der Waals surface area contributed by atoms with Crippen LogP contribution in [0.4, 0.5) is 0 Å². The topological polar surface area (TPSA) is 0 Å². The summed E-state index contributed by atoms with van der Waals surface area (Å²) in [6.45, 7) is 13.2. The van der Waals surface area contributed by atoms with Gasteiger partial charge in [0, 0.05) is 0 Å². The van der Waals surface area contributed by atoms with Crippen LogP contribution in [0.15, 0.2) is 12.7 Å². The molecule has 0 aromatic carbocycles. The lowest BCUT2D eigenvalue weighted by Gasteiger charge is -1.31. The lowest BCUT2D eigenvalue weighted by molar-refractivity contribution is 1.50. The zero-order chi connectivity index (χ0) is 8.71. The zero-order valence-electron chi connectivity index (χ0n) is 7.44. The highest BCUT2D eigenvalue weighted by Gasteiger charge is 1.15. The molecule has 56 valence electrons. The Labute approximate surface area is 61.0 Å². The van der Waals surface area contributed by atoms with Crippen molar-refractivity contribution >= 4 is 0 Å². The molecule has 0 heteroatoms. The van der Waals surface area contributed by atoms with Gasteiger partial charge in [-0.05, 0) is 6.92 Å². The summed E-state index contributed by atoms with van der Waals surface area (Å²) in [6.07, 6.45) is 9.75. The average Bonchev–Trinajstić information content (AvgIpc) is 2.01. The Morgan fingerprint density at radius 2 is 1.00 bits per heavy atom. The molecule has 9 heavy (non-hydrogen) atoms. The van der Waals surface area contributed by atoms with E-state index in [4.69, 9.17) is 0 Å². The Morgan fingerprint density at radius 3 is 1.00 bits per heavy atom. The lowest BCUT2D eigenvalue weighted by Crippen LogP contribution is -1.07.